The average molecular weight is 333 g/mol. The summed E-state index contributed by atoms with van der Waals surface area (Å²) < 4.78 is 5.13. The van der Waals surface area contributed by atoms with Gasteiger partial charge in [-0.15, -0.1) is 0 Å². The summed E-state index contributed by atoms with van der Waals surface area (Å²) in [6.45, 7) is 2.10. The molecule has 5 nitrogen and oxygen atoms in total. The number of furan rings is 1. The highest BCUT2D eigenvalue weighted by molar-refractivity contribution is 6.30. The Labute approximate surface area is 139 Å². The molecular weight excluding hydrogens is 316 g/mol. The van der Waals surface area contributed by atoms with Crippen molar-refractivity contribution in [2.24, 2.45) is 0 Å². The molecule has 1 saturated heterocycles. The molecule has 0 aliphatic carbocycles. The molecule has 23 heavy (non-hydrogen) atoms. The summed E-state index contributed by atoms with van der Waals surface area (Å²) >= 11 is 5.94. The van der Waals surface area contributed by atoms with Gasteiger partial charge in [0.2, 0.25) is 5.91 Å². The van der Waals surface area contributed by atoms with Gasteiger partial charge in [-0.3, -0.25) is 9.59 Å². The standard InChI is InChI=1S/C17H17ClN2O3/c18-14-4-1-3-13(11-14)12-16(21)19-6-8-20(9-7-19)17(22)15-5-2-10-23-15/h1-5,10-11H,6-9,12H2. The molecule has 1 fully saturated rings. The first kappa shape index (κ1) is 15.6. The van der Waals surface area contributed by atoms with Gasteiger partial charge in [0.25, 0.3) is 5.91 Å². The molecule has 0 N–H and O–H groups in total. The lowest BCUT2D eigenvalue weighted by molar-refractivity contribution is -0.131. The summed E-state index contributed by atoms with van der Waals surface area (Å²) in [6.07, 6.45) is 1.81. The molecule has 1 aromatic heterocycles. The van der Waals surface area contributed by atoms with E-state index in [9.17, 15) is 9.59 Å². The van der Waals surface area contributed by atoms with Gasteiger partial charge >= 0.3 is 0 Å². The molecule has 2 amide bonds. The van der Waals surface area contributed by atoms with Crippen molar-refractivity contribution in [2.45, 2.75) is 6.42 Å². The van der Waals surface area contributed by atoms with E-state index in [0.29, 0.717) is 43.4 Å². The Morgan fingerprint density at radius 3 is 2.43 bits per heavy atom. The van der Waals surface area contributed by atoms with Crippen LogP contribution in [0.25, 0.3) is 0 Å². The zero-order chi connectivity index (χ0) is 16.2. The van der Waals surface area contributed by atoms with E-state index in [2.05, 4.69) is 0 Å². The van der Waals surface area contributed by atoms with Crippen molar-refractivity contribution in [1.82, 2.24) is 9.80 Å². The van der Waals surface area contributed by atoms with Crippen LogP contribution in [0.5, 0.6) is 0 Å². The first-order valence-electron chi connectivity index (χ1n) is 7.48. The topological polar surface area (TPSA) is 53.8 Å². The summed E-state index contributed by atoms with van der Waals surface area (Å²) in [6, 6.07) is 10.7. The summed E-state index contributed by atoms with van der Waals surface area (Å²) in [5.41, 5.74) is 0.900. The van der Waals surface area contributed by atoms with Crippen LogP contribution >= 0.6 is 11.6 Å². The van der Waals surface area contributed by atoms with Crippen molar-refractivity contribution in [1.29, 1.82) is 0 Å². The predicted octanol–water partition coefficient (Wildman–Crippen LogP) is 2.46. The van der Waals surface area contributed by atoms with Crippen molar-refractivity contribution < 1.29 is 14.0 Å². The Kier molecular flexibility index (Phi) is 4.67. The van der Waals surface area contributed by atoms with Crippen LogP contribution in [0.1, 0.15) is 16.1 Å². The number of hydrogen-bond donors (Lipinski definition) is 0. The van der Waals surface area contributed by atoms with Gasteiger partial charge in [0.05, 0.1) is 12.7 Å². The molecule has 3 rings (SSSR count). The molecule has 1 aliphatic heterocycles. The van der Waals surface area contributed by atoms with Gasteiger partial charge in [0, 0.05) is 31.2 Å². The zero-order valence-corrected chi connectivity index (χ0v) is 13.3. The summed E-state index contributed by atoms with van der Waals surface area (Å²) in [5, 5.41) is 0.629. The van der Waals surface area contributed by atoms with Crippen LogP contribution in [0.3, 0.4) is 0 Å². The molecular formula is C17H17ClN2O3. The third-order valence-corrected chi connectivity index (χ3v) is 4.13. The Morgan fingerprint density at radius 1 is 1.04 bits per heavy atom. The van der Waals surface area contributed by atoms with Gasteiger partial charge in [0.1, 0.15) is 0 Å². The fourth-order valence-corrected chi connectivity index (χ4v) is 2.86. The maximum Gasteiger partial charge on any atom is 0.289 e. The third kappa shape index (κ3) is 3.74. The number of hydrogen-bond acceptors (Lipinski definition) is 3. The van der Waals surface area contributed by atoms with Crippen molar-refractivity contribution in [3.05, 3.63) is 59.0 Å². The Balaban J connectivity index is 1.54. The lowest BCUT2D eigenvalue weighted by atomic mass is 10.1. The predicted molar refractivity (Wildman–Crippen MR) is 86.3 cm³/mol. The van der Waals surface area contributed by atoms with Gasteiger partial charge in [-0.1, -0.05) is 23.7 Å². The fraction of sp³-hybridized carbons (Fsp3) is 0.294. The molecule has 2 aromatic rings. The van der Waals surface area contributed by atoms with E-state index in [0.717, 1.165) is 5.56 Å². The molecule has 0 radical (unpaired) electrons. The number of halogens is 1. The molecule has 120 valence electrons. The van der Waals surface area contributed by atoms with Crippen molar-refractivity contribution >= 4 is 23.4 Å². The van der Waals surface area contributed by atoms with E-state index in [1.54, 1.807) is 34.1 Å². The van der Waals surface area contributed by atoms with Gasteiger partial charge in [-0.25, -0.2) is 0 Å². The second-order valence-corrected chi connectivity index (χ2v) is 5.89. The zero-order valence-electron chi connectivity index (χ0n) is 12.6. The molecule has 0 atom stereocenters. The van der Waals surface area contributed by atoms with Crippen LogP contribution in [-0.2, 0) is 11.2 Å². The van der Waals surface area contributed by atoms with E-state index < -0.39 is 0 Å². The molecule has 1 aliphatic rings. The molecule has 2 heterocycles. The lowest BCUT2D eigenvalue weighted by Crippen LogP contribution is -2.50. The minimum Gasteiger partial charge on any atom is -0.459 e. The first-order valence-corrected chi connectivity index (χ1v) is 7.86. The monoisotopic (exact) mass is 332 g/mol. The van der Waals surface area contributed by atoms with Crippen LogP contribution in [-0.4, -0.2) is 47.8 Å². The SMILES string of the molecule is O=C(Cc1cccc(Cl)c1)N1CCN(C(=O)c2ccco2)CC1. The van der Waals surface area contributed by atoms with Crippen LogP contribution < -0.4 is 0 Å². The molecule has 0 spiro atoms. The maximum atomic E-state index is 12.3. The van der Waals surface area contributed by atoms with Crippen LogP contribution in [0, 0.1) is 0 Å². The molecule has 0 unspecified atom stereocenters. The number of rotatable bonds is 3. The minimum atomic E-state index is -0.128. The summed E-state index contributed by atoms with van der Waals surface area (Å²) in [4.78, 5) is 28.0. The Hall–Kier alpha value is -2.27. The Bertz CT molecular complexity index is 692. The van der Waals surface area contributed by atoms with E-state index in [4.69, 9.17) is 16.0 Å². The normalized spacial score (nSPS) is 14.8. The maximum absolute atomic E-state index is 12.3. The summed E-state index contributed by atoms with van der Waals surface area (Å²) in [7, 11) is 0. The van der Waals surface area contributed by atoms with Crippen molar-refractivity contribution in [3.63, 3.8) is 0 Å². The van der Waals surface area contributed by atoms with Gasteiger partial charge in [-0.2, -0.15) is 0 Å². The van der Waals surface area contributed by atoms with Gasteiger partial charge < -0.3 is 14.2 Å². The second-order valence-electron chi connectivity index (χ2n) is 5.46. The number of benzene rings is 1. The van der Waals surface area contributed by atoms with Crippen LogP contribution in [0.4, 0.5) is 0 Å². The highest BCUT2D eigenvalue weighted by Gasteiger charge is 2.25. The quantitative estimate of drug-likeness (QED) is 0.867. The molecule has 0 bridgehead atoms. The second kappa shape index (κ2) is 6.87. The van der Waals surface area contributed by atoms with Crippen LogP contribution in [0.2, 0.25) is 5.02 Å². The average Bonchev–Trinajstić information content (AvgIpc) is 3.09. The lowest BCUT2D eigenvalue weighted by Gasteiger charge is -2.34. The minimum absolute atomic E-state index is 0.0531. The summed E-state index contributed by atoms with van der Waals surface area (Å²) in [5.74, 6) is 0.262. The van der Waals surface area contributed by atoms with E-state index in [1.165, 1.54) is 6.26 Å². The number of nitrogens with zero attached hydrogens (tertiary/aromatic N) is 2. The fourth-order valence-electron chi connectivity index (χ4n) is 2.65. The van der Waals surface area contributed by atoms with E-state index in [-0.39, 0.29) is 11.8 Å². The highest BCUT2D eigenvalue weighted by atomic mass is 35.5. The van der Waals surface area contributed by atoms with E-state index >= 15 is 0 Å². The smallest absolute Gasteiger partial charge is 0.289 e. The van der Waals surface area contributed by atoms with Crippen molar-refractivity contribution in [3.8, 4) is 0 Å². The molecule has 1 aromatic carbocycles. The van der Waals surface area contributed by atoms with Crippen molar-refractivity contribution in [2.75, 3.05) is 26.2 Å². The van der Waals surface area contributed by atoms with Gasteiger partial charge in [0.15, 0.2) is 5.76 Å². The third-order valence-electron chi connectivity index (χ3n) is 3.90. The molecule has 0 saturated carbocycles. The number of piperazine rings is 1. The highest BCUT2D eigenvalue weighted by Crippen LogP contribution is 2.14. The number of amides is 2. The van der Waals surface area contributed by atoms with Crippen LogP contribution in [0.15, 0.2) is 47.1 Å². The number of carbonyl (C=O) groups is 2. The largest absolute Gasteiger partial charge is 0.459 e. The van der Waals surface area contributed by atoms with E-state index in [1.807, 2.05) is 12.1 Å². The first-order chi connectivity index (χ1) is 11.1. The number of carbonyl (C=O) groups excluding carboxylic acids is 2. The Morgan fingerprint density at radius 2 is 1.78 bits per heavy atom. The van der Waals surface area contributed by atoms with Gasteiger partial charge in [-0.05, 0) is 29.8 Å². The molecule has 6 heteroatoms.